The van der Waals surface area contributed by atoms with Crippen LogP contribution in [0.5, 0.6) is 0 Å². The zero-order valence-corrected chi connectivity index (χ0v) is 10.7. The van der Waals surface area contributed by atoms with E-state index in [4.69, 9.17) is 5.73 Å². The van der Waals surface area contributed by atoms with E-state index in [-0.39, 0.29) is 31.3 Å². The van der Waals surface area contributed by atoms with Crippen molar-refractivity contribution in [2.45, 2.75) is 6.42 Å². The van der Waals surface area contributed by atoms with Gasteiger partial charge in [0.05, 0.1) is 0 Å². The van der Waals surface area contributed by atoms with Gasteiger partial charge in [-0.2, -0.15) is 0 Å². The molecule has 0 aliphatic rings. The summed E-state index contributed by atoms with van der Waals surface area (Å²) in [5.41, 5.74) is 4.83. The van der Waals surface area contributed by atoms with Gasteiger partial charge in [-0.1, -0.05) is 0 Å². The first kappa shape index (κ1) is 16.6. The number of hydrogen-bond donors (Lipinski definition) is 3. The largest absolute Gasteiger partial charge is 0.354 e. The molecular weight excluding hydrogens is 252 g/mol. The van der Waals surface area contributed by atoms with Crippen LogP contribution in [0.3, 0.4) is 0 Å². The number of hydrogen-bond acceptors (Lipinski definition) is 4. The fourth-order valence-corrected chi connectivity index (χ4v) is 1.11. The van der Waals surface area contributed by atoms with Crippen LogP contribution in [-0.4, -0.2) is 55.7 Å². The Bertz CT molecular complexity index is 368. The third kappa shape index (κ3) is 9.33. The molecule has 8 heteroatoms. The Morgan fingerprint density at radius 3 is 2.47 bits per heavy atom. The molecule has 19 heavy (non-hydrogen) atoms. The van der Waals surface area contributed by atoms with Gasteiger partial charge in [0.2, 0.25) is 11.8 Å². The number of nitrogens with zero attached hydrogens (tertiary/aromatic N) is 1. The van der Waals surface area contributed by atoms with Crippen molar-refractivity contribution in [1.82, 2.24) is 15.5 Å². The molecule has 0 bridgehead atoms. The van der Waals surface area contributed by atoms with E-state index in [0.29, 0.717) is 12.8 Å². The molecule has 4 N–H and O–H groups in total. The molecule has 0 aromatic rings. The van der Waals surface area contributed by atoms with Gasteiger partial charge >= 0.3 is 6.03 Å². The van der Waals surface area contributed by atoms with Gasteiger partial charge in [0.25, 0.3) is 0 Å². The van der Waals surface area contributed by atoms with Crippen LogP contribution in [0.1, 0.15) is 6.42 Å². The molecule has 0 spiro atoms. The molecule has 0 aromatic carbocycles. The van der Waals surface area contributed by atoms with Crippen molar-refractivity contribution < 1.29 is 19.2 Å². The minimum atomic E-state index is -0.680. The average molecular weight is 270 g/mol. The van der Waals surface area contributed by atoms with E-state index >= 15 is 0 Å². The van der Waals surface area contributed by atoms with Gasteiger partial charge in [-0.3, -0.25) is 14.4 Å². The van der Waals surface area contributed by atoms with Crippen LogP contribution in [-0.2, 0) is 14.4 Å². The molecule has 8 nitrogen and oxygen atoms in total. The maximum atomic E-state index is 11.3. The van der Waals surface area contributed by atoms with E-state index in [0.717, 1.165) is 12.2 Å². The first-order valence-corrected chi connectivity index (χ1v) is 5.64. The minimum Gasteiger partial charge on any atom is -0.354 e. The summed E-state index contributed by atoms with van der Waals surface area (Å²) in [6, 6.07) is -0.680. The number of likely N-dealkylation sites (N-methyl/N-ethyl adjacent to an activating group) is 1. The Morgan fingerprint density at radius 2 is 1.89 bits per heavy atom. The van der Waals surface area contributed by atoms with Crippen LogP contribution in [0, 0.1) is 0 Å². The van der Waals surface area contributed by atoms with Crippen molar-refractivity contribution in [3.8, 4) is 0 Å². The molecule has 106 valence electrons. The molecule has 4 amide bonds. The maximum absolute atomic E-state index is 11.3. The quantitative estimate of drug-likeness (QED) is 0.362. The summed E-state index contributed by atoms with van der Waals surface area (Å²) < 4.78 is 0. The predicted molar refractivity (Wildman–Crippen MR) is 68.1 cm³/mol. The number of carbonyl (C=O) groups excluding carboxylic acids is 4. The van der Waals surface area contributed by atoms with Crippen molar-refractivity contribution in [2.24, 2.45) is 5.73 Å². The fourth-order valence-electron chi connectivity index (χ4n) is 1.11. The molecule has 0 aliphatic carbocycles. The zero-order valence-electron chi connectivity index (χ0n) is 10.7. The van der Waals surface area contributed by atoms with Crippen molar-refractivity contribution >= 4 is 24.1 Å². The van der Waals surface area contributed by atoms with E-state index in [2.05, 4.69) is 10.6 Å². The van der Waals surface area contributed by atoms with Crippen LogP contribution in [0.25, 0.3) is 0 Å². The Hall–Kier alpha value is -2.38. The monoisotopic (exact) mass is 270 g/mol. The number of urea groups is 1. The Balaban J connectivity index is 3.74. The number of primary amides is 1. The van der Waals surface area contributed by atoms with E-state index in [1.807, 2.05) is 0 Å². The number of nitrogens with two attached hydrogens (primary N) is 1. The topological polar surface area (TPSA) is 122 Å². The van der Waals surface area contributed by atoms with Crippen LogP contribution < -0.4 is 16.4 Å². The predicted octanol–water partition coefficient (Wildman–Crippen LogP) is -1.63. The highest BCUT2D eigenvalue weighted by Crippen LogP contribution is 1.86. The summed E-state index contributed by atoms with van der Waals surface area (Å²) in [4.78, 5) is 44.4. The Kier molecular flexibility index (Phi) is 8.42. The van der Waals surface area contributed by atoms with E-state index in [1.54, 1.807) is 7.05 Å². The molecule has 0 unspecified atom stereocenters. The van der Waals surface area contributed by atoms with Gasteiger partial charge in [-0.05, 0) is 6.08 Å². The second-order valence-electron chi connectivity index (χ2n) is 3.65. The van der Waals surface area contributed by atoms with Crippen LogP contribution in [0.2, 0.25) is 0 Å². The summed E-state index contributed by atoms with van der Waals surface area (Å²) in [5, 5.41) is 4.87. The standard InChI is InChI=1S/C11H18N4O4/c1-15(10(18)3-2-8-16)7-6-13-9(17)4-5-14-11(12)19/h2-3,8H,4-7H2,1H3,(H,13,17)(H3,12,14,19)/b3-2-. The molecule has 0 aromatic heterocycles. The zero-order chi connectivity index (χ0) is 14.7. The third-order valence-corrected chi connectivity index (χ3v) is 2.11. The summed E-state index contributed by atoms with van der Waals surface area (Å²) in [7, 11) is 1.55. The van der Waals surface area contributed by atoms with Gasteiger partial charge in [0, 0.05) is 39.2 Å². The second-order valence-corrected chi connectivity index (χ2v) is 3.65. The minimum absolute atomic E-state index is 0.117. The van der Waals surface area contributed by atoms with Crippen molar-refractivity contribution in [1.29, 1.82) is 0 Å². The summed E-state index contributed by atoms with van der Waals surface area (Å²) in [6.07, 6.45) is 2.88. The lowest BCUT2D eigenvalue weighted by atomic mass is 10.4. The molecule has 0 rings (SSSR count). The number of aldehydes is 1. The highest BCUT2D eigenvalue weighted by molar-refractivity contribution is 5.90. The SMILES string of the molecule is CN(CCNC(=O)CCNC(N)=O)C(=O)/C=C\C=O. The number of carbonyl (C=O) groups is 4. The summed E-state index contributed by atoms with van der Waals surface area (Å²) >= 11 is 0. The Morgan fingerprint density at radius 1 is 1.21 bits per heavy atom. The maximum Gasteiger partial charge on any atom is 0.312 e. The summed E-state index contributed by atoms with van der Waals surface area (Å²) in [6.45, 7) is 0.765. The smallest absolute Gasteiger partial charge is 0.312 e. The highest BCUT2D eigenvalue weighted by Gasteiger charge is 2.05. The van der Waals surface area contributed by atoms with Gasteiger partial charge in [-0.15, -0.1) is 0 Å². The number of rotatable bonds is 8. The molecule has 0 aliphatic heterocycles. The van der Waals surface area contributed by atoms with Crippen molar-refractivity contribution in [2.75, 3.05) is 26.7 Å². The van der Waals surface area contributed by atoms with Crippen LogP contribution in [0.4, 0.5) is 4.79 Å². The van der Waals surface area contributed by atoms with Gasteiger partial charge in [-0.25, -0.2) is 4.79 Å². The van der Waals surface area contributed by atoms with Crippen LogP contribution >= 0.6 is 0 Å². The number of nitrogens with one attached hydrogen (secondary N) is 2. The van der Waals surface area contributed by atoms with Crippen molar-refractivity contribution in [3.63, 3.8) is 0 Å². The molecule has 0 radical (unpaired) electrons. The normalized spacial score (nSPS) is 9.95. The molecule has 0 atom stereocenters. The number of allylic oxidation sites excluding steroid dienone is 1. The molecular formula is C11H18N4O4. The fraction of sp³-hybridized carbons (Fsp3) is 0.455. The lowest BCUT2D eigenvalue weighted by Gasteiger charge is -2.15. The molecule has 0 saturated carbocycles. The first-order chi connectivity index (χ1) is 8.97. The van der Waals surface area contributed by atoms with E-state index < -0.39 is 6.03 Å². The average Bonchev–Trinajstić information content (AvgIpc) is 2.35. The van der Waals surface area contributed by atoms with E-state index in [1.165, 1.54) is 4.90 Å². The summed E-state index contributed by atoms with van der Waals surface area (Å²) in [5.74, 6) is -0.574. The lowest BCUT2D eigenvalue weighted by molar-refractivity contribution is -0.126. The lowest BCUT2D eigenvalue weighted by Crippen LogP contribution is -2.37. The number of amides is 4. The molecule has 0 saturated heterocycles. The molecule has 0 heterocycles. The van der Waals surface area contributed by atoms with Gasteiger partial charge < -0.3 is 21.3 Å². The van der Waals surface area contributed by atoms with Crippen LogP contribution in [0.15, 0.2) is 12.2 Å². The molecule has 0 fully saturated rings. The highest BCUT2D eigenvalue weighted by atomic mass is 16.2. The van der Waals surface area contributed by atoms with Gasteiger partial charge in [0.1, 0.15) is 6.29 Å². The first-order valence-electron chi connectivity index (χ1n) is 5.64. The third-order valence-electron chi connectivity index (χ3n) is 2.11. The Labute approximate surface area is 111 Å². The van der Waals surface area contributed by atoms with Crippen molar-refractivity contribution in [3.05, 3.63) is 12.2 Å². The second kappa shape index (κ2) is 9.63. The van der Waals surface area contributed by atoms with E-state index in [9.17, 15) is 19.2 Å². The van der Waals surface area contributed by atoms with Gasteiger partial charge in [0.15, 0.2) is 0 Å².